The molecule has 1 heterocycles. The number of methoxy groups -OCH3 is 1. The lowest BCUT2D eigenvalue weighted by Gasteiger charge is -2.15. The zero-order valence-electron chi connectivity index (χ0n) is 15.0. The Balaban J connectivity index is 1.91. The maximum absolute atomic E-state index is 12.5. The van der Waals surface area contributed by atoms with Crippen molar-refractivity contribution in [2.75, 3.05) is 26.0 Å². The standard InChI is InChI=1S/C18H19F3N2O4/c1-11-15(17(25)26-3)8-14(27-11)9-23(2)10-16(24)22-13-6-4-12(5-7-13)18(19,20)21/h4-8H,9-10H2,1-3H3,(H,22,24). The lowest BCUT2D eigenvalue weighted by Crippen LogP contribution is -2.29. The third kappa shape index (κ3) is 5.58. The van der Waals surface area contributed by atoms with E-state index in [1.165, 1.54) is 19.2 Å². The Morgan fingerprint density at radius 1 is 1.22 bits per heavy atom. The molecule has 146 valence electrons. The molecule has 1 aromatic carbocycles. The Kier molecular flexibility index (Phi) is 6.27. The first kappa shape index (κ1) is 20.5. The minimum absolute atomic E-state index is 0.0195. The Morgan fingerprint density at radius 2 is 1.85 bits per heavy atom. The summed E-state index contributed by atoms with van der Waals surface area (Å²) < 4.78 is 47.7. The number of nitrogens with one attached hydrogen (secondary N) is 1. The Hall–Kier alpha value is -2.81. The lowest BCUT2D eigenvalue weighted by atomic mass is 10.2. The van der Waals surface area contributed by atoms with Gasteiger partial charge in [-0.3, -0.25) is 9.69 Å². The van der Waals surface area contributed by atoms with Crippen molar-refractivity contribution in [3.8, 4) is 0 Å². The molecule has 1 N–H and O–H groups in total. The molecule has 0 radical (unpaired) electrons. The molecule has 0 aliphatic rings. The fourth-order valence-electron chi connectivity index (χ4n) is 2.44. The lowest BCUT2D eigenvalue weighted by molar-refractivity contribution is -0.137. The van der Waals surface area contributed by atoms with Crippen molar-refractivity contribution in [1.82, 2.24) is 4.90 Å². The number of hydrogen-bond donors (Lipinski definition) is 1. The highest BCUT2D eigenvalue weighted by molar-refractivity contribution is 5.92. The molecule has 0 unspecified atom stereocenters. The molecule has 9 heteroatoms. The van der Waals surface area contributed by atoms with Crippen molar-refractivity contribution >= 4 is 17.6 Å². The number of rotatable bonds is 6. The van der Waals surface area contributed by atoms with Crippen LogP contribution in [0.25, 0.3) is 0 Å². The predicted molar refractivity (Wildman–Crippen MR) is 91.2 cm³/mol. The van der Waals surface area contributed by atoms with E-state index in [1.54, 1.807) is 24.9 Å². The number of benzene rings is 1. The van der Waals surface area contributed by atoms with Gasteiger partial charge in [-0.1, -0.05) is 0 Å². The van der Waals surface area contributed by atoms with Gasteiger partial charge < -0.3 is 14.5 Å². The van der Waals surface area contributed by atoms with Gasteiger partial charge in [-0.05, 0) is 44.3 Å². The molecule has 0 atom stereocenters. The zero-order valence-corrected chi connectivity index (χ0v) is 15.0. The summed E-state index contributed by atoms with van der Waals surface area (Å²) in [6.07, 6.45) is -4.42. The van der Waals surface area contributed by atoms with Crippen LogP contribution in [0, 0.1) is 6.92 Å². The number of furan rings is 1. The second-order valence-electron chi connectivity index (χ2n) is 5.97. The van der Waals surface area contributed by atoms with Gasteiger partial charge in [-0.2, -0.15) is 13.2 Å². The predicted octanol–water partition coefficient (Wildman–Crippen LogP) is 3.46. The van der Waals surface area contributed by atoms with Gasteiger partial charge >= 0.3 is 12.1 Å². The minimum atomic E-state index is -4.42. The topological polar surface area (TPSA) is 71.8 Å². The van der Waals surface area contributed by atoms with Crippen LogP contribution in [-0.4, -0.2) is 37.5 Å². The monoisotopic (exact) mass is 384 g/mol. The van der Waals surface area contributed by atoms with Crippen LogP contribution in [0.5, 0.6) is 0 Å². The summed E-state index contributed by atoms with van der Waals surface area (Å²) in [6, 6.07) is 5.74. The molecule has 0 spiro atoms. The number of alkyl halides is 3. The third-order valence-corrected chi connectivity index (χ3v) is 3.71. The highest BCUT2D eigenvalue weighted by Crippen LogP contribution is 2.29. The second kappa shape index (κ2) is 8.26. The Labute approximate surface area is 153 Å². The van der Waals surface area contributed by atoms with Crippen LogP contribution in [0.4, 0.5) is 18.9 Å². The van der Waals surface area contributed by atoms with E-state index in [-0.39, 0.29) is 18.8 Å². The van der Waals surface area contributed by atoms with Crippen LogP contribution in [0.2, 0.25) is 0 Å². The molecular weight excluding hydrogens is 365 g/mol. The van der Waals surface area contributed by atoms with E-state index >= 15 is 0 Å². The maximum atomic E-state index is 12.5. The van der Waals surface area contributed by atoms with Crippen LogP contribution in [0.1, 0.15) is 27.4 Å². The van der Waals surface area contributed by atoms with Crippen molar-refractivity contribution in [2.45, 2.75) is 19.6 Å². The highest BCUT2D eigenvalue weighted by Gasteiger charge is 2.30. The van der Waals surface area contributed by atoms with E-state index < -0.39 is 23.6 Å². The van der Waals surface area contributed by atoms with Crippen LogP contribution in [0.3, 0.4) is 0 Å². The summed E-state index contributed by atoms with van der Waals surface area (Å²) in [7, 11) is 2.94. The van der Waals surface area contributed by atoms with E-state index in [9.17, 15) is 22.8 Å². The van der Waals surface area contributed by atoms with Gasteiger partial charge in [0.15, 0.2) is 0 Å². The van der Waals surface area contributed by atoms with E-state index in [2.05, 4.69) is 10.1 Å². The van der Waals surface area contributed by atoms with Gasteiger partial charge in [0.2, 0.25) is 5.91 Å². The van der Waals surface area contributed by atoms with Gasteiger partial charge in [-0.25, -0.2) is 4.79 Å². The van der Waals surface area contributed by atoms with Crippen LogP contribution in [0.15, 0.2) is 34.7 Å². The molecule has 0 aliphatic heterocycles. The molecule has 6 nitrogen and oxygen atoms in total. The third-order valence-electron chi connectivity index (χ3n) is 3.71. The average Bonchev–Trinajstić information content (AvgIpc) is 2.93. The molecule has 0 aliphatic carbocycles. The molecule has 27 heavy (non-hydrogen) atoms. The van der Waals surface area contributed by atoms with Gasteiger partial charge in [0.25, 0.3) is 0 Å². The van der Waals surface area contributed by atoms with Crippen LogP contribution in [-0.2, 0) is 22.3 Å². The number of amides is 1. The fraction of sp³-hybridized carbons (Fsp3) is 0.333. The molecular formula is C18H19F3N2O4. The number of nitrogens with zero attached hydrogens (tertiary/aromatic N) is 1. The average molecular weight is 384 g/mol. The van der Waals surface area contributed by atoms with Crippen molar-refractivity contribution in [1.29, 1.82) is 0 Å². The smallest absolute Gasteiger partial charge is 0.416 e. The van der Waals surface area contributed by atoms with Gasteiger partial charge in [0.05, 0.1) is 25.8 Å². The van der Waals surface area contributed by atoms with E-state index in [0.29, 0.717) is 17.1 Å². The van der Waals surface area contributed by atoms with Gasteiger partial charge in [0, 0.05) is 5.69 Å². The minimum Gasteiger partial charge on any atom is -0.465 e. The molecule has 1 amide bonds. The van der Waals surface area contributed by atoms with E-state index in [4.69, 9.17) is 4.42 Å². The normalized spacial score (nSPS) is 11.5. The number of likely N-dealkylation sites (N-methyl/N-ethyl adjacent to an activating group) is 1. The second-order valence-corrected chi connectivity index (χ2v) is 5.97. The number of halogens is 3. The molecule has 2 rings (SSSR count). The molecule has 2 aromatic rings. The number of carbonyl (C=O) groups excluding carboxylic acids is 2. The fourth-order valence-corrected chi connectivity index (χ4v) is 2.44. The van der Waals surface area contributed by atoms with Crippen molar-refractivity contribution < 1.29 is 31.9 Å². The first-order chi connectivity index (χ1) is 12.6. The summed E-state index contributed by atoms with van der Waals surface area (Å²) in [5.41, 5.74) is -0.203. The van der Waals surface area contributed by atoms with E-state index in [0.717, 1.165) is 12.1 Å². The number of hydrogen-bond acceptors (Lipinski definition) is 5. The maximum Gasteiger partial charge on any atom is 0.416 e. The van der Waals surface area contributed by atoms with Crippen LogP contribution >= 0.6 is 0 Å². The molecule has 0 saturated carbocycles. The molecule has 1 aromatic heterocycles. The number of aryl methyl sites for hydroxylation is 1. The number of carbonyl (C=O) groups is 2. The number of esters is 1. The quantitative estimate of drug-likeness (QED) is 0.773. The first-order valence-corrected chi connectivity index (χ1v) is 7.93. The largest absolute Gasteiger partial charge is 0.465 e. The Bertz CT molecular complexity index is 813. The van der Waals surface area contributed by atoms with Gasteiger partial charge in [-0.15, -0.1) is 0 Å². The molecule has 0 fully saturated rings. The van der Waals surface area contributed by atoms with Crippen molar-refractivity contribution in [2.24, 2.45) is 0 Å². The molecule has 0 saturated heterocycles. The SMILES string of the molecule is COC(=O)c1cc(CN(C)CC(=O)Nc2ccc(C(F)(F)F)cc2)oc1C. The summed E-state index contributed by atoms with van der Waals surface area (Å²) in [5, 5.41) is 2.53. The summed E-state index contributed by atoms with van der Waals surface area (Å²) in [6.45, 7) is 1.87. The number of anilines is 1. The highest BCUT2D eigenvalue weighted by atomic mass is 19.4. The first-order valence-electron chi connectivity index (χ1n) is 7.93. The Morgan fingerprint density at radius 3 is 2.41 bits per heavy atom. The van der Waals surface area contributed by atoms with Gasteiger partial charge in [0.1, 0.15) is 17.1 Å². The summed E-state index contributed by atoms with van der Waals surface area (Å²) in [5.74, 6) is -0.00360. The van der Waals surface area contributed by atoms with Crippen LogP contribution < -0.4 is 5.32 Å². The number of ether oxygens (including phenoxy) is 1. The van der Waals surface area contributed by atoms with E-state index in [1.807, 2.05) is 0 Å². The molecule has 0 bridgehead atoms. The summed E-state index contributed by atoms with van der Waals surface area (Å²) in [4.78, 5) is 25.2. The summed E-state index contributed by atoms with van der Waals surface area (Å²) >= 11 is 0. The zero-order chi connectivity index (χ0) is 20.2. The van der Waals surface area contributed by atoms with Crippen molar-refractivity contribution in [3.63, 3.8) is 0 Å². The van der Waals surface area contributed by atoms with Crippen molar-refractivity contribution in [3.05, 3.63) is 53.0 Å².